The molecule has 2 aromatic heterocycles. The van der Waals surface area contributed by atoms with Crippen molar-refractivity contribution >= 4 is 12.2 Å². The van der Waals surface area contributed by atoms with Crippen molar-refractivity contribution in [2.75, 3.05) is 13.7 Å². The minimum atomic E-state index is -0.164. The predicted octanol–water partition coefficient (Wildman–Crippen LogP) is 0.866. The summed E-state index contributed by atoms with van der Waals surface area (Å²) < 4.78 is 7.10. The van der Waals surface area contributed by atoms with Crippen molar-refractivity contribution < 1.29 is 4.74 Å². The van der Waals surface area contributed by atoms with E-state index in [0.717, 1.165) is 5.56 Å². The van der Waals surface area contributed by atoms with E-state index in [2.05, 4.69) is 15.1 Å². The van der Waals surface area contributed by atoms with Crippen molar-refractivity contribution in [3.63, 3.8) is 0 Å². The Hall–Kier alpha value is -1.73. The molecule has 2 heterocycles. The molecule has 0 saturated carbocycles. The molecule has 18 heavy (non-hydrogen) atoms. The summed E-state index contributed by atoms with van der Waals surface area (Å²) in [7, 11) is 1.65. The number of ether oxygens (including phenoxy) is 1. The SMILES string of the molecule is COCCn1cc(Cc2c[nH]c(=S)[nH]c2=O)cn1. The molecule has 0 aliphatic carbocycles. The Bertz CT molecular complexity index is 628. The topological polar surface area (TPSA) is 75.7 Å². The zero-order chi connectivity index (χ0) is 13.0. The molecule has 0 aliphatic heterocycles. The summed E-state index contributed by atoms with van der Waals surface area (Å²) in [5, 5.41) is 4.19. The van der Waals surface area contributed by atoms with Gasteiger partial charge in [0.05, 0.1) is 19.3 Å². The van der Waals surface area contributed by atoms with Crippen LogP contribution < -0.4 is 5.56 Å². The van der Waals surface area contributed by atoms with Crippen LogP contribution in [-0.2, 0) is 17.7 Å². The van der Waals surface area contributed by atoms with Gasteiger partial charge in [-0.05, 0) is 17.8 Å². The highest BCUT2D eigenvalue weighted by Gasteiger charge is 2.04. The third-order valence-electron chi connectivity index (χ3n) is 2.50. The standard InChI is InChI=1S/C11H14N4O2S/c1-17-3-2-15-7-8(5-13-15)4-9-6-12-11(18)14-10(9)16/h5-7H,2-4H2,1H3,(H2,12,14,16,18). The van der Waals surface area contributed by atoms with E-state index in [-0.39, 0.29) is 5.56 Å². The normalized spacial score (nSPS) is 10.7. The summed E-state index contributed by atoms with van der Waals surface area (Å²) in [4.78, 5) is 17.0. The van der Waals surface area contributed by atoms with E-state index < -0.39 is 0 Å². The highest BCUT2D eigenvalue weighted by molar-refractivity contribution is 7.71. The Morgan fingerprint density at radius 3 is 3.11 bits per heavy atom. The second-order valence-electron chi connectivity index (χ2n) is 3.88. The minimum absolute atomic E-state index is 0.164. The lowest BCUT2D eigenvalue weighted by molar-refractivity contribution is 0.183. The predicted molar refractivity (Wildman–Crippen MR) is 69.2 cm³/mol. The van der Waals surface area contributed by atoms with Crippen molar-refractivity contribution in [2.24, 2.45) is 0 Å². The maximum absolute atomic E-state index is 11.6. The van der Waals surface area contributed by atoms with Crippen molar-refractivity contribution in [3.05, 3.63) is 44.8 Å². The fourth-order valence-corrected chi connectivity index (χ4v) is 1.75. The van der Waals surface area contributed by atoms with Crippen LogP contribution in [0.1, 0.15) is 11.1 Å². The molecule has 6 nitrogen and oxygen atoms in total. The first kappa shape index (κ1) is 12.7. The Morgan fingerprint density at radius 1 is 1.56 bits per heavy atom. The Morgan fingerprint density at radius 2 is 2.39 bits per heavy atom. The van der Waals surface area contributed by atoms with E-state index in [4.69, 9.17) is 17.0 Å². The van der Waals surface area contributed by atoms with Gasteiger partial charge in [-0.1, -0.05) is 0 Å². The average molecular weight is 266 g/mol. The molecule has 2 rings (SSSR count). The molecule has 2 N–H and O–H groups in total. The van der Waals surface area contributed by atoms with Gasteiger partial charge in [0.1, 0.15) is 0 Å². The number of rotatable bonds is 5. The quantitative estimate of drug-likeness (QED) is 0.787. The van der Waals surface area contributed by atoms with Crippen molar-refractivity contribution in [2.45, 2.75) is 13.0 Å². The molecular weight excluding hydrogens is 252 g/mol. The molecule has 0 amide bonds. The van der Waals surface area contributed by atoms with Crippen LogP contribution in [0.5, 0.6) is 0 Å². The highest BCUT2D eigenvalue weighted by atomic mass is 32.1. The molecule has 96 valence electrons. The molecule has 0 unspecified atom stereocenters. The number of nitrogens with zero attached hydrogens (tertiary/aromatic N) is 2. The van der Waals surface area contributed by atoms with Crippen molar-refractivity contribution in [1.82, 2.24) is 19.7 Å². The fourth-order valence-electron chi connectivity index (χ4n) is 1.59. The van der Waals surface area contributed by atoms with Gasteiger partial charge in [-0.2, -0.15) is 5.10 Å². The lowest BCUT2D eigenvalue weighted by Crippen LogP contribution is -2.13. The van der Waals surface area contributed by atoms with Crippen LogP contribution in [0, 0.1) is 4.77 Å². The van der Waals surface area contributed by atoms with Gasteiger partial charge in [-0.15, -0.1) is 0 Å². The fraction of sp³-hybridized carbons (Fsp3) is 0.364. The van der Waals surface area contributed by atoms with Crippen LogP contribution in [0.4, 0.5) is 0 Å². The van der Waals surface area contributed by atoms with Crippen LogP contribution >= 0.6 is 12.2 Å². The van der Waals surface area contributed by atoms with Crippen molar-refractivity contribution in [3.8, 4) is 0 Å². The number of hydrogen-bond donors (Lipinski definition) is 2. The molecule has 0 radical (unpaired) electrons. The maximum atomic E-state index is 11.6. The molecule has 0 aromatic carbocycles. The van der Waals surface area contributed by atoms with Crippen molar-refractivity contribution in [1.29, 1.82) is 0 Å². The van der Waals surface area contributed by atoms with Gasteiger partial charge in [0.2, 0.25) is 0 Å². The Labute approximate surface area is 109 Å². The summed E-state index contributed by atoms with van der Waals surface area (Å²) in [6, 6.07) is 0. The van der Waals surface area contributed by atoms with Gasteiger partial charge in [0, 0.05) is 31.5 Å². The molecule has 2 aromatic rings. The van der Waals surface area contributed by atoms with E-state index in [9.17, 15) is 4.79 Å². The minimum Gasteiger partial charge on any atom is -0.383 e. The van der Waals surface area contributed by atoms with Crippen LogP contribution in [-0.4, -0.2) is 33.5 Å². The molecule has 0 spiro atoms. The van der Waals surface area contributed by atoms with E-state index in [1.165, 1.54) is 0 Å². The maximum Gasteiger partial charge on any atom is 0.255 e. The van der Waals surface area contributed by atoms with Gasteiger partial charge < -0.3 is 9.72 Å². The number of aromatic nitrogens is 4. The summed E-state index contributed by atoms with van der Waals surface area (Å²) in [6.45, 7) is 1.31. The first-order valence-electron chi connectivity index (χ1n) is 5.50. The lowest BCUT2D eigenvalue weighted by atomic mass is 10.1. The summed E-state index contributed by atoms with van der Waals surface area (Å²) in [5.74, 6) is 0. The first-order valence-corrected chi connectivity index (χ1v) is 5.91. The van der Waals surface area contributed by atoms with E-state index >= 15 is 0 Å². The van der Waals surface area contributed by atoms with E-state index in [1.54, 1.807) is 24.2 Å². The number of nitrogens with one attached hydrogen (secondary N) is 2. The Kier molecular flexibility index (Phi) is 4.06. The van der Waals surface area contributed by atoms with E-state index in [0.29, 0.717) is 29.9 Å². The third-order valence-corrected chi connectivity index (χ3v) is 2.72. The molecule has 7 heteroatoms. The third kappa shape index (κ3) is 3.14. The monoisotopic (exact) mass is 266 g/mol. The van der Waals surface area contributed by atoms with Gasteiger partial charge in [0.25, 0.3) is 5.56 Å². The number of H-pyrrole nitrogens is 2. The second kappa shape index (κ2) is 5.74. The number of hydrogen-bond acceptors (Lipinski definition) is 4. The second-order valence-corrected chi connectivity index (χ2v) is 4.29. The number of aromatic amines is 2. The summed E-state index contributed by atoms with van der Waals surface area (Å²) in [6.07, 6.45) is 5.80. The van der Waals surface area contributed by atoms with Gasteiger partial charge >= 0.3 is 0 Å². The van der Waals surface area contributed by atoms with Gasteiger partial charge in [-0.3, -0.25) is 14.5 Å². The molecule has 0 bridgehead atoms. The summed E-state index contributed by atoms with van der Waals surface area (Å²) >= 11 is 4.83. The van der Waals surface area contributed by atoms with Crippen LogP contribution in [0.25, 0.3) is 0 Å². The van der Waals surface area contributed by atoms with E-state index in [1.807, 2.05) is 6.20 Å². The lowest BCUT2D eigenvalue weighted by Gasteiger charge is -1.99. The molecule has 0 atom stereocenters. The Balaban J connectivity index is 2.11. The number of methoxy groups -OCH3 is 1. The van der Waals surface area contributed by atoms with Gasteiger partial charge in [-0.25, -0.2) is 0 Å². The van der Waals surface area contributed by atoms with Crippen LogP contribution in [0.2, 0.25) is 0 Å². The zero-order valence-electron chi connectivity index (χ0n) is 9.97. The van der Waals surface area contributed by atoms with Gasteiger partial charge in [0.15, 0.2) is 4.77 Å². The zero-order valence-corrected chi connectivity index (χ0v) is 10.8. The largest absolute Gasteiger partial charge is 0.383 e. The average Bonchev–Trinajstić information content (AvgIpc) is 2.78. The molecule has 0 aliphatic rings. The van der Waals surface area contributed by atoms with Crippen LogP contribution in [0.15, 0.2) is 23.4 Å². The first-order chi connectivity index (χ1) is 8.69. The smallest absolute Gasteiger partial charge is 0.255 e. The highest BCUT2D eigenvalue weighted by Crippen LogP contribution is 2.03. The molecular formula is C11H14N4O2S. The molecule has 0 saturated heterocycles. The molecule has 0 fully saturated rings. The van der Waals surface area contributed by atoms with Crippen LogP contribution in [0.3, 0.4) is 0 Å². The summed E-state index contributed by atoms with van der Waals surface area (Å²) in [5.41, 5.74) is 1.44.